The van der Waals surface area contributed by atoms with Gasteiger partial charge < -0.3 is 14.2 Å². The molecule has 1 aliphatic heterocycles. The number of hydrogen-bond donors (Lipinski definition) is 0. The molecule has 0 atom stereocenters. The van der Waals surface area contributed by atoms with E-state index in [2.05, 4.69) is 39.9 Å². The topological polar surface area (TPSA) is 47.4 Å². The van der Waals surface area contributed by atoms with Gasteiger partial charge in [-0.05, 0) is 37.5 Å². The van der Waals surface area contributed by atoms with Gasteiger partial charge in [0.15, 0.2) is 0 Å². The highest BCUT2D eigenvalue weighted by Gasteiger charge is 2.25. The zero-order valence-corrected chi connectivity index (χ0v) is 15.0. The maximum atomic E-state index is 12.3. The lowest BCUT2D eigenvalue weighted by Gasteiger charge is -2.19. The van der Waals surface area contributed by atoms with Gasteiger partial charge in [0, 0.05) is 47.6 Å². The molecule has 3 heterocycles. The van der Waals surface area contributed by atoms with Gasteiger partial charge in [-0.15, -0.1) is 0 Å². The Morgan fingerprint density at radius 3 is 2.92 bits per heavy atom. The molecule has 5 heteroatoms. The minimum absolute atomic E-state index is 0.218. The molecule has 0 radical (unpaired) electrons. The fraction of sp³-hybridized carbons (Fsp3) is 0.333. The monoisotopic (exact) mass is 349 g/mol. The molecule has 5 nitrogen and oxygen atoms in total. The fourth-order valence-corrected chi connectivity index (χ4v) is 3.82. The number of para-hydroxylation sites is 1. The summed E-state index contributed by atoms with van der Waals surface area (Å²) < 4.78 is 7.62. The second-order valence-electron chi connectivity index (χ2n) is 6.61. The molecular formula is C21H23N3O2. The molecule has 0 fully saturated rings. The Balaban J connectivity index is 1.78. The van der Waals surface area contributed by atoms with Crippen molar-refractivity contribution in [1.29, 1.82) is 0 Å². The second kappa shape index (κ2) is 7.20. The molecule has 0 N–H and O–H groups in total. The lowest BCUT2D eigenvalue weighted by molar-refractivity contribution is 0.105. The quantitative estimate of drug-likeness (QED) is 0.718. The van der Waals surface area contributed by atoms with Gasteiger partial charge >= 0.3 is 6.09 Å². The lowest BCUT2D eigenvalue weighted by Crippen LogP contribution is -2.31. The van der Waals surface area contributed by atoms with E-state index in [4.69, 9.17) is 4.74 Å². The van der Waals surface area contributed by atoms with Crippen molar-refractivity contribution in [3.63, 3.8) is 0 Å². The summed E-state index contributed by atoms with van der Waals surface area (Å²) in [6.07, 6.45) is 5.40. The molecule has 1 aromatic carbocycles. The number of carbonyl (C=O) groups is 1. The lowest BCUT2D eigenvalue weighted by atomic mass is 10.1. The van der Waals surface area contributed by atoms with Crippen LogP contribution in [0.4, 0.5) is 4.79 Å². The van der Waals surface area contributed by atoms with E-state index in [9.17, 15) is 4.79 Å². The maximum Gasteiger partial charge on any atom is 0.410 e. The third-order valence-corrected chi connectivity index (χ3v) is 4.97. The number of rotatable bonds is 3. The zero-order valence-electron chi connectivity index (χ0n) is 15.0. The number of ether oxygens (including phenoxy) is 1. The average molecular weight is 349 g/mol. The number of nitrogens with zero attached hydrogens (tertiary/aromatic N) is 3. The first-order valence-corrected chi connectivity index (χ1v) is 9.17. The van der Waals surface area contributed by atoms with Crippen molar-refractivity contribution in [2.75, 3.05) is 13.2 Å². The van der Waals surface area contributed by atoms with Crippen LogP contribution in [0.5, 0.6) is 0 Å². The number of carbonyl (C=O) groups excluding carboxylic acids is 1. The molecule has 0 unspecified atom stereocenters. The van der Waals surface area contributed by atoms with Crippen molar-refractivity contribution in [1.82, 2.24) is 14.5 Å². The minimum Gasteiger partial charge on any atom is -0.450 e. The molecule has 4 rings (SSSR count). The largest absolute Gasteiger partial charge is 0.450 e. The van der Waals surface area contributed by atoms with Crippen molar-refractivity contribution in [2.45, 2.75) is 32.9 Å². The van der Waals surface area contributed by atoms with Crippen molar-refractivity contribution in [3.05, 3.63) is 65.6 Å². The molecule has 2 aromatic heterocycles. The number of fused-ring (bicyclic) bond motifs is 3. The van der Waals surface area contributed by atoms with Gasteiger partial charge in [-0.3, -0.25) is 4.98 Å². The molecule has 0 aliphatic carbocycles. The van der Waals surface area contributed by atoms with Crippen LogP contribution >= 0.6 is 0 Å². The fourth-order valence-electron chi connectivity index (χ4n) is 3.82. The predicted octanol–water partition coefficient (Wildman–Crippen LogP) is 3.99. The molecule has 134 valence electrons. The van der Waals surface area contributed by atoms with Crippen LogP contribution in [0.15, 0.2) is 48.8 Å². The van der Waals surface area contributed by atoms with Gasteiger partial charge in [-0.1, -0.05) is 24.3 Å². The summed E-state index contributed by atoms with van der Waals surface area (Å²) in [6, 6.07) is 12.5. The summed E-state index contributed by atoms with van der Waals surface area (Å²) in [5, 5.41) is 1.22. The number of hydrogen-bond acceptors (Lipinski definition) is 3. The van der Waals surface area contributed by atoms with Crippen LogP contribution in [0.2, 0.25) is 0 Å². The summed E-state index contributed by atoms with van der Waals surface area (Å²) in [4.78, 5) is 18.4. The summed E-state index contributed by atoms with van der Waals surface area (Å²) >= 11 is 0. The molecule has 0 bridgehead atoms. The van der Waals surface area contributed by atoms with Crippen LogP contribution in [0.1, 0.15) is 30.2 Å². The third kappa shape index (κ3) is 3.05. The number of amides is 1. The smallest absolute Gasteiger partial charge is 0.410 e. The number of benzene rings is 1. The van der Waals surface area contributed by atoms with Gasteiger partial charge in [0.1, 0.15) is 0 Å². The van der Waals surface area contributed by atoms with Gasteiger partial charge in [-0.25, -0.2) is 4.79 Å². The van der Waals surface area contributed by atoms with Gasteiger partial charge in [0.2, 0.25) is 0 Å². The molecule has 1 aliphatic rings. The molecule has 0 spiro atoms. The molecule has 1 amide bonds. The Bertz CT molecular complexity index is 918. The van der Waals surface area contributed by atoms with E-state index >= 15 is 0 Å². The van der Waals surface area contributed by atoms with Gasteiger partial charge in [0.25, 0.3) is 0 Å². The summed E-state index contributed by atoms with van der Waals surface area (Å²) in [6.45, 7) is 4.39. The highest BCUT2D eigenvalue weighted by atomic mass is 16.6. The SMILES string of the molecule is CCOC(=O)N1CCCc2c(c3ccccc3n2Cc2cccnc2)C1. The highest BCUT2D eigenvalue weighted by Crippen LogP contribution is 2.31. The Kier molecular flexibility index (Phi) is 4.61. The Morgan fingerprint density at radius 2 is 2.12 bits per heavy atom. The molecule has 3 aromatic rings. The first kappa shape index (κ1) is 16.6. The zero-order chi connectivity index (χ0) is 17.9. The first-order valence-electron chi connectivity index (χ1n) is 9.17. The summed E-state index contributed by atoms with van der Waals surface area (Å²) in [5.41, 5.74) is 4.96. The van der Waals surface area contributed by atoms with Crippen molar-refractivity contribution in [3.8, 4) is 0 Å². The van der Waals surface area contributed by atoms with Crippen molar-refractivity contribution >= 4 is 17.0 Å². The van der Waals surface area contributed by atoms with E-state index in [0.29, 0.717) is 13.2 Å². The first-order chi connectivity index (χ1) is 12.8. The standard InChI is InChI=1S/C21H23N3O2/c1-2-26-21(25)23-12-6-10-20-18(15-23)17-8-3-4-9-19(17)24(20)14-16-7-5-11-22-13-16/h3-5,7-9,11,13H,2,6,10,12,14-15H2,1H3. The second-order valence-corrected chi connectivity index (χ2v) is 6.61. The average Bonchev–Trinajstić information content (AvgIpc) is 2.83. The third-order valence-electron chi connectivity index (χ3n) is 4.97. The summed E-state index contributed by atoms with van der Waals surface area (Å²) in [7, 11) is 0. The van der Waals surface area contributed by atoms with Crippen LogP contribution in [-0.2, 0) is 24.2 Å². The molecule has 0 saturated carbocycles. The Labute approximate surface area is 153 Å². The van der Waals surface area contributed by atoms with Crippen molar-refractivity contribution in [2.24, 2.45) is 0 Å². The van der Waals surface area contributed by atoms with E-state index in [1.807, 2.05) is 24.1 Å². The van der Waals surface area contributed by atoms with E-state index in [0.717, 1.165) is 25.9 Å². The van der Waals surface area contributed by atoms with Crippen LogP contribution in [0, 0.1) is 0 Å². The van der Waals surface area contributed by atoms with Crippen LogP contribution in [-0.4, -0.2) is 33.7 Å². The summed E-state index contributed by atoms with van der Waals surface area (Å²) in [5.74, 6) is 0. The predicted molar refractivity (Wildman–Crippen MR) is 101 cm³/mol. The Morgan fingerprint density at radius 1 is 1.23 bits per heavy atom. The van der Waals surface area contributed by atoms with Crippen LogP contribution in [0.25, 0.3) is 10.9 Å². The Hall–Kier alpha value is -2.82. The van der Waals surface area contributed by atoms with Crippen molar-refractivity contribution < 1.29 is 9.53 Å². The van der Waals surface area contributed by atoms with Crippen LogP contribution < -0.4 is 0 Å². The van der Waals surface area contributed by atoms with Crippen LogP contribution in [0.3, 0.4) is 0 Å². The van der Waals surface area contributed by atoms with Gasteiger partial charge in [-0.2, -0.15) is 0 Å². The minimum atomic E-state index is -0.218. The maximum absolute atomic E-state index is 12.3. The number of pyridine rings is 1. The van der Waals surface area contributed by atoms with E-state index in [-0.39, 0.29) is 6.09 Å². The van der Waals surface area contributed by atoms with E-state index in [1.54, 1.807) is 6.20 Å². The van der Waals surface area contributed by atoms with Gasteiger partial charge in [0.05, 0.1) is 13.2 Å². The molecule has 26 heavy (non-hydrogen) atoms. The normalized spacial score (nSPS) is 14.1. The van der Waals surface area contributed by atoms with E-state index in [1.165, 1.54) is 27.7 Å². The van der Waals surface area contributed by atoms with E-state index < -0.39 is 0 Å². The highest BCUT2D eigenvalue weighted by molar-refractivity contribution is 5.86. The number of aromatic nitrogens is 2. The molecular weight excluding hydrogens is 326 g/mol. The molecule has 0 saturated heterocycles.